The number of imide groups is 1. The van der Waals surface area contributed by atoms with E-state index in [0.717, 1.165) is 0 Å². The van der Waals surface area contributed by atoms with Crippen LogP contribution in [0.3, 0.4) is 0 Å². The van der Waals surface area contributed by atoms with Crippen molar-refractivity contribution in [3.05, 3.63) is 29.3 Å². The van der Waals surface area contributed by atoms with Crippen molar-refractivity contribution in [3.63, 3.8) is 0 Å². The number of nitrogens with zero attached hydrogens (tertiary/aromatic N) is 1. The number of carbonyl (C=O) groups excluding carboxylic acids is 5. The Kier molecular flexibility index (Phi) is 11.1. The van der Waals surface area contributed by atoms with Crippen LogP contribution in [0.5, 0.6) is 5.75 Å². The van der Waals surface area contributed by atoms with Gasteiger partial charge in [0, 0.05) is 20.0 Å². The monoisotopic (exact) mass is 479 g/mol. The molecule has 186 valence electrons. The smallest absolute Gasteiger partial charge is 0.258 e. The molecule has 0 bridgehead atoms. The number of amides is 4. The third kappa shape index (κ3) is 7.90. The number of piperidine rings is 1. The van der Waals surface area contributed by atoms with Crippen molar-refractivity contribution < 1.29 is 43.3 Å². The molecule has 0 aliphatic carbocycles. The summed E-state index contributed by atoms with van der Waals surface area (Å²) < 4.78 is 15.7. The van der Waals surface area contributed by atoms with E-state index in [1.54, 1.807) is 0 Å². The fourth-order valence-corrected chi connectivity index (χ4v) is 3.20. The van der Waals surface area contributed by atoms with Gasteiger partial charge in [0.2, 0.25) is 11.8 Å². The molecule has 0 aromatic heterocycles. The number of hydrogen-bond donors (Lipinski definition) is 3. The summed E-state index contributed by atoms with van der Waals surface area (Å²) in [6.07, 6.45) is 0.736. The van der Waals surface area contributed by atoms with E-state index < -0.39 is 29.7 Å². The molecule has 12 nitrogen and oxygen atoms in total. The van der Waals surface area contributed by atoms with Gasteiger partial charge in [-0.1, -0.05) is 6.07 Å². The summed E-state index contributed by atoms with van der Waals surface area (Å²) in [5.74, 6) is -1.97. The molecule has 1 aliphatic rings. The van der Waals surface area contributed by atoms with E-state index in [1.165, 1.54) is 30.1 Å². The summed E-state index contributed by atoms with van der Waals surface area (Å²) in [4.78, 5) is 61.3. The van der Waals surface area contributed by atoms with Gasteiger partial charge in [0.1, 0.15) is 11.8 Å². The van der Waals surface area contributed by atoms with Gasteiger partial charge in [0.15, 0.2) is 12.9 Å². The lowest BCUT2D eigenvalue weighted by Gasteiger charge is -2.30. The lowest BCUT2D eigenvalue weighted by molar-refractivity contribution is -0.136. The first-order chi connectivity index (χ1) is 16.4. The van der Waals surface area contributed by atoms with Gasteiger partial charge in [-0.3, -0.25) is 29.3 Å². The van der Waals surface area contributed by atoms with Gasteiger partial charge >= 0.3 is 0 Å². The molecule has 34 heavy (non-hydrogen) atoms. The molecule has 12 heteroatoms. The number of aliphatic hydroxyl groups is 1. The third-order valence-corrected chi connectivity index (χ3v) is 4.95. The SMILES string of the molecule is CN(C(=O)c1cccc(OCC(=O)NCCOCCOCCO)c1C=O)C1CCC(=O)NC1=O. The van der Waals surface area contributed by atoms with E-state index in [2.05, 4.69) is 10.6 Å². The second-order valence-corrected chi connectivity index (χ2v) is 7.31. The topological polar surface area (TPSA) is 161 Å². The van der Waals surface area contributed by atoms with Crippen molar-refractivity contribution in [1.29, 1.82) is 0 Å². The number of aldehydes is 1. The first-order valence-corrected chi connectivity index (χ1v) is 10.7. The molecule has 0 spiro atoms. The molecule has 1 aromatic rings. The first-order valence-electron chi connectivity index (χ1n) is 10.7. The number of hydrogen-bond acceptors (Lipinski definition) is 9. The second-order valence-electron chi connectivity index (χ2n) is 7.31. The van der Waals surface area contributed by atoms with Crippen LogP contribution in [0.15, 0.2) is 18.2 Å². The Balaban J connectivity index is 1.88. The van der Waals surface area contributed by atoms with Gasteiger partial charge < -0.3 is 29.5 Å². The van der Waals surface area contributed by atoms with Gasteiger partial charge in [-0.15, -0.1) is 0 Å². The summed E-state index contributed by atoms with van der Waals surface area (Å²) in [6.45, 7) is 0.933. The molecule has 1 atom stereocenters. The first kappa shape index (κ1) is 26.9. The van der Waals surface area contributed by atoms with Crippen LogP contribution in [0.2, 0.25) is 0 Å². The highest BCUT2D eigenvalue weighted by Gasteiger charge is 2.33. The van der Waals surface area contributed by atoms with Gasteiger partial charge in [0.05, 0.1) is 44.2 Å². The minimum absolute atomic E-state index is 0.0110. The molecule has 1 saturated heterocycles. The minimum atomic E-state index is -0.844. The van der Waals surface area contributed by atoms with Gasteiger partial charge in [-0.25, -0.2) is 0 Å². The van der Waals surface area contributed by atoms with Crippen molar-refractivity contribution >= 4 is 29.9 Å². The molecule has 1 fully saturated rings. The Labute approximate surface area is 196 Å². The van der Waals surface area contributed by atoms with Crippen LogP contribution >= 0.6 is 0 Å². The predicted molar refractivity (Wildman–Crippen MR) is 117 cm³/mol. The van der Waals surface area contributed by atoms with Crippen LogP contribution in [0.25, 0.3) is 0 Å². The molecular weight excluding hydrogens is 450 g/mol. The zero-order valence-electron chi connectivity index (χ0n) is 18.9. The van der Waals surface area contributed by atoms with E-state index in [-0.39, 0.29) is 62.7 Å². The summed E-state index contributed by atoms with van der Waals surface area (Å²) >= 11 is 0. The number of carbonyl (C=O) groups is 5. The average molecular weight is 479 g/mol. The van der Waals surface area contributed by atoms with Crippen LogP contribution in [0, 0.1) is 0 Å². The molecule has 1 aromatic carbocycles. The lowest BCUT2D eigenvalue weighted by Crippen LogP contribution is -2.53. The Morgan fingerprint density at radius 1 is 1.21 bits per heavy atom. The Morgan fingerprint density at radius 2 is 1.94 bits per heavy atom. The van der Waals surface area contributed by atoms with Crippen molar-refractivity contribution in [2.45, 2.75) is 18.9 Å². The third-order valence-electron chi connectivity index (χ3n) is 4.95. The normalized spacial score (nSPS) is 15.4. The molecule has 2 rings (SSSR count). The number of benzene rings is 1. The number of aliphatic hydroxyl groups excluding tert-OH is 1. The maximum absolute atomic E-state index is 13.0. The Morgan fingerprint density at radius 3 is 2.62 bits per heavy atom. The molecular formula is C22H29N3O9. The Bertz CT molecular complexity index is 890. The number of nitrogens with one attached hydrogen (secondary N) is 2. The molecule has 0 saturated carbocycles. The maximum atomic E-state index is 13.0. The Hall–Kier alpha value is -3.35. The van der Waals surface area contributed by atoms with E-state index in [0.29, 0.717) is 19.5 Å². The highest BCUT2D eigenvalue weighted by Crippen LogP contribution is 2.23. The predicted octanol–water partition coefficient (Wildman–Crippen LogP) is -1.10. The van der Waals surface area contributed by atoms with E-state index >= 15 is 0 Å². The quantitative estimate of drug-likeness (QED) is 0.171. The van der Waals surface area contributed by atoms with Crippen molar-refractivity contribution in [2.24, 2.45) is 0 Å². The van der Waals surface area contributed by atoms with Crippen LogP contribution < -0.4 is 15.4 Å². The highest BCUT2D eigenvalue weighted by atomic mass is 16.5. The van der Waals surface area contributed by atoms with E-state index in [1.807, 2.05) is 0 Å². The van der Waals surface area contributed by atoms with E-state index in [9.17, 15) is 24.0 Å². The zero-order chi connectivity index (χ0) is 24.9. The average Bonchev–Trinajstić information content (AvgIpc) is 2.83. The summed E-state index contributed by atoms with van der Waals surface area (Å²) in [7, 11) is 1.42. The fourth-order valence-electron chi connectivity index (χ4n) is 3.20. The summed E-state index contributed by atoms with van der Waals surface area (Å²) in [5.41, 5.74) is -0.0393. The van der Waals surface area contributed by atoms with Crippen molar-refractivity contribution in [2.75, 3.05) is 53.2 Å². The standard InChI is InChI=1S/C22H29N3O9/c1-25(17-5-6-19(28)24-21(17)30)22(31)15-3-2-4-18(16(15)13-27)34-14-20(29)23-7-9-32-11-12-33-10-8-26/h2-4,13,17,26H,5-12,14H2,1H3,(H,23,29)(H,24,28,30). The fraction of sp³-hybridized carbons (Fsp3) is 0.500. The molecule has 3 N–H and O–H groups in total. The molecule has 1 unspecified atom stereocenters. The van der Waals surface area contributed by atoms with Gasteiger partial charge in [-0.2, -0.15) is 0 Å². The molecule has 1 aliphatic heterocycles. The minimum Gasteiger partial charge on any atom is -0.483 e. The van der Waals surface area contributed by atoms with Crippen LogP contribution in [0.4, 0.5) is 0 Å². The maximum Gasteiger partial charge on any atom is 0.258 e. The van der Waals surface area contributed by atoms with Crippen molar-refractivity contribution in [3.8, 4) is 5.75 Å². The van der Waals surface area contributed by atoms with Crippen LogP contribution in [-0.2, 0) is 23.9 Å². The zero-order valence-corrected chi connectivity index (χ0v) is 18.9. The van der Waals surface area contributed by atoms with Crippen LogP contribution in [0.1, 0.15) is 33.6 Å². The molecule has 1 heterocycles. The molecule has 4 amide bonds. The largest absolute Gasteiger partial charge is 0.483 e. The lowest BCUT2D eigenvalue weighted by atomic mass is 10.0. The van der Waals surface area contributed by atoms with E-state index in [4.69, 9.17) is 19.3 Å². The number of rotatable bonds is 14. The summed E-state index contributed by atoms with van der Waals surface area (Å²) in [5, 5.41) is 13.4. The number of ether oxygens (including phenoxy) is 3. The second kappa shape index (κ2) is 14.0. The summed E-state index contributed by atoms with van der Waals surface area (Å²) in [6, 6.07) is 3.53. The number of likely N-dealkylation sites (N-methyl/N-ethyl adjacent to an activating group) is 1. The highest BCUT2D eigenvalue weighted by molar-refractivity contribution is 6.06. The van der Waals surface area contributed by atoms with Gasteiger partial charge in [0.25, 0.3) is 11.8 Å². The van der Waals surface area contributed by atoms with Crippen LogP contribution in [-0.4, -0.2) is 99.2 Å². The van der Waals surface area contributed by atoms with Crippen molar-refractivity contribution in [1.82, 2.24) is 15.5 Å². The van der Waals surface area contributed by atoms with Gasteiger partial charge in [-0.05, 0) is 18.6 Å². The molecule has 0 radical (unpaired) electrons.